The molecule has 7 nitrogen and oxygen atoms in total. The first-order chi connectivity index (χ1) is 15.4. The highest BCUT2D eigenvalue weighted by Crippen LogP contribution is 2.50. The summed E-state index contributed by atoms with van der Waals surface area (Å²) < 4.78 is 1.97. The Balaban J connectivity index is 1.42. The minimum atomic E-state index is -0.869. The van der Waals surface area contributed by atoms with Crippen molar-refractivity contribution in [3.8, 4) is 0 Å². The van der Waals surface area contributed by atoms with E-state index in [1.165, 1.54) is 0 Å². The quantitative estimate of drug-likeness (QED) is 0.384. The molecule has 32 heavy (non-hydrogen) atoms. The number of hydrogen-bond acceptors (Lipinski definition) is 6. The summed E-state index contributed by atoms with van der Waals surface area (Å²) in [5, 5.41) is 24.1. The Labute approximate surface area is 186 Å². The van der Waals surface area contributed by atoms with E-state index in [-0.39, 0.29) is 11.5 Å². The van der Waals surface area contributed by atoms with Crippen LogP contribution in [0.25, 0.3) is 21.9 Å². The second-order valence-electron chi connectivity index (χ2n) is 9.05. The minimum Gasteiger partial charge on any atom is -0.398 e. The lowest BCUT2D eigenvalue weighted by atomic mass is 9.76. The molecule has 0 bridgehead atoms. The number of aryl methyl sites for hydroxylation is 1. The molecule has 4 aromatic rings. The fourth-order valence-corrected chi connectivity index (χ4v) is 5.35. The van der Waals surface area contributed by atoms with E-state index in [0.717, 1.165) is 46.8 Å². The molecule has 0 aliphatic heterocycles. The first-order valence-electron chi connectivity index (χ1n) is 11.1. The highest BCUT2D eigenvalue weighted by Gasteiger charge is 2.51. The third-order valence-electron chi connectivity index (χ3n) is 7.36. The first-order valence-corrected chi connectivity index (χ1v) is 11.1. The Morgan fingerprint density at radius 2 is 1.94 bits per heavy atom. The zero-order valence-electron chi connectivity index (χ0n) is 18.1. The van der Waals surface area contributed by atoms with Crippen molar-refractivity contribution in [2.24, 2.45) is 5.41 Å². The molecule has 3 aromatic heterocycles. The Morgan fingerprint density at radius 3 is 2.75 bits per heavy atom. The van der Waals surface area contributed by atoms with E-state index < -0.39 is 12.2 Å². The summed E-state index contributed by atoms with van der Waals surface area (Å²) >= 11 is 0. The Kier molecular flexibility index (Phi) is 5.03. The van der Waals surface area contributed by atoms with Crippen LogP contribution in [0.15, 0.2) is 54.9 Å². The zero-order chi connectivity index (χ0) is 22.5. The predicted octanol–water partition coefficient (Wildman–Crippen LogP) is 3.44. The normalized spacial score (nSPS) is 25.7. The maximum absolute atomic E-state index is 11.2. The number of benzene rings is 1. The van der Waals surface area contributed by atoms with Crippen LogP contribution in [0.1, 0.15) is 37.8 Å². The third-order valence-corrected chi connectivity index (χ3v) is 7.36. The van der Waals surface area contributed by atoms with E-state index in [0.29, 0.717) is 17.9 Å². The molecule has 166 valence electrons. The standard InChI is InChI=1S/C25H29N5O2/c1-2-25(10-7-15-3-4-16-5-6-21(27)29-19(16)13-15)14-20(22(31)23(25)32)30-12-9-17-18(26)8-11-28-24(17)30/h3-6,8-9,11-13,20,22-23,31-32H,2,7,10,14H2,1H3,(H2,26,28)(H2,27,29)/t20-,22+,23+,25+/m1/s1. The van der Waals surface area contributed by atoms with Crippen molar-refractivity contribution in [1.29, 1.82) is 0 Å². The van der Waals surface area contributed by atoms with Gasteiger partial charge in [-0.05, 0) is 61.6 Å². The molecular weight excluding hydrogens is 402 g/mol. The van der Waals surface area contributed by atoms with Crippen molar-refractivity contribution in [3.63, 3.8) is 0 Å². The molecule has 5 rings (SSSR count). The molecule has 1 aliphatic rings. The van der Waals surface area contributed by atoms with E-state index in [9.17, 15) is 10.2 Å². The van der Waals surface area contributed by atoms with Crippen molar-refractivity contribution < 1.29 is 10.2 Å². The lowest BCUT2D eigenvalue weighted by Crippen LogP contribution is -2.36. The van der Waals surface area contributed by atoms with Gasteiger partial charge in [0.15, 0.2) is 0 Å². The molecule has 0 saturated heterocycles. The van der Waals surface area contributed by atoms with Gasteiger partial charge in [-0.25, -0.2) is 9.97 Å². The van der Waals surface area contributed by atoms with Gasteiger partial charge >= 0.3 is 0 Å². The highest BCUT2D eigenvalue weighted by molar-refractivity contribution is 5.88. The number of hydrogen-bond donors (Lipinski definition) is 4. The van der Waals surface area contributed by atoms with Crippen LogP contribution < -0.4 is 11.5 Å². The van der Waals surface area contributed by atoms with Gasteiger partial charge in [-0.1, -0.05) is 19.1 Å². The van der Waals surface area contributed by atoms with Gasteiger partial charge in [0.25, 0.3) is 0 Å². The summed E-state index contributed by atoms with van der Waals surface area (Å²) in [6.07, 6.45) is 4.91. The number of aromatic nitrogens is 3. The van der Waals surface area contributed by atoms with Crippen LogP contribution in [0.4, 0.5) is 11.5 Å². The Morgan fingerprint density at radius 1 is 1.12 bits per heavy atom. The molecular formula is C25H29N5O2. The zero-order valence-corrected chi connectivity index (χ0v) is 18.1. The van der Waals surface area contributed by atoms with Gasteiger partial charge in [0.2, 0.25) is 0 Å². The van der Waals surface area contributed by atoms with Crippen molar-refractivity contribution in [2.45, 2.75) is 50.9 Å². The number of aliphatic hydroxyl groups is 2. The largest absolute Gasteiger partial charge is 0.398 e. The molecule has 3 heterocycles. The topological polar surface area (TPSA) is 123 Å². The summed E-state index contributed by atoms with van der Waals surface area (Å²) in [4.78, 5) is 8.91. The van der Waals surface area contributed by atoms with Crippen LogP contribution >= 0.6 is 0 Å². The number of aliphatic hydroxyl groups excluding tert-OH is 2. The maximum Gasteiger partial charge on any atom is 0.142 e. The SMILES string of the molecule is CC[C@]1(CCc2ccc3ccc(N)nc3c2)C[C@@H](n2ccc3c(N)ccnc32)[C@H](O)[C@@H]1O. The number of nitrogen functional groups attached to an aromatic ring is 2. The Hall–Kier alpha value is -3.16. The molecule has 4 atom stereocenters. The van der Waals surface area contributed by atoms with Crippen LogP contribution in [0.3, 0.4) is 0 Å². The molecule has 1 aromatic carbocycles. The minimum absolute atomic E-state index is 0.255. The molecule has 1 fully saturated rings. The molecule has 0 radical (unpaired) electrons. The van der Waals surface area contributed by atoms with Crippen molar-refractivity contribution in [2.75, 3.05) is 11.5 Å². The lowest BCUT2D eigenvalue weighted by Gasteiger charge is -2.32. The summed E-state index contributed by atoms with van der Waals surface area (Å²) in [6.45, 7) is 2.09. The predicted molar refractivity (Wildman–Crippen MR) is 127 cm³/mol. The van der Waals surface area contributed by atoms with Gasteiger partial charge in [-0.15, -0.1) is 0 Å². The van der Waals surface area contributed by atoms with Gasteiger partial charge < -0.3 is 26.2 Å². The average molecular weight is 432 g/mol. The number of pyridine rings is 2. The summed E-state index contributed by atoms with van der Waals surface area (Å²) in [6, 6.07) is 13.4. The van der Waals surface area contributed by atoms with Gasteiger partial charge in [0.1, 0.15) is 17.6 Å². The van der Waals surface area contributed by atoms with Crippen LogP contribution in [0, 0.1) is 5.41 Å². The second-order valence-corrected chi connectivity index (χ2v) is 9.05. The van der Waals surface area contributed by atoms with E-state index in [2.05, 4.69) is 35.1 Å². The first kappa shape index (κ1) is 20.7. The van der Waals surface area contributed by atoms with E-state index in [1.807, 2.05) is 22.9 Å². The third kappa shape index (κ3) is 3.29. The fraction of sp³-hybridized carbons (Fsp3) is 0.360. The summed E-state index contributed by atoms with van der Waals surface area (Å²) in [7, 11) is 0. The number of nitrogens with two attached hydrogens (primary N) is 2. The van der Waals surface area contributed by atoms with Crippen LogP contribution in [0.5, 0.6) is 0 Å². The van der Waals surface area contributed by atoms with Gasteiger partial charge in [-0.2, -0.15) is 0 Å². The number of nitrogens with zero attached hydrogens (tertiary/aromatic N) is 3. The summed E-state index contributed by atoms with van der Waals surface area (Å²) in [5.74, 6) is 0.505. The van der Waals surface area contributed by atoms with Crippen molar-refractivity contribution in [1.82, 2.24) is 14.5 Å². The van der Waals surface area contributed by atoms with E-state index in [4.69, 9.17) is 11.5 Å². The number of fused-ring (bicyclic) bond motifs is 2. The molecule has 1 saturated carbocycles. The molecule has 1 aliphatic carbocycles. The maximum atomic E-state index is 11.2. The number of anilines is 2. The molecule has 6 N–H and O–H groups in total. The van der Waals surface area contributed by atoms with Crippen LogP contribution in [-0.2, 0) is 6.42 Å². The van der Waals surface area contributed by atoms with Crippen LogP contribution in [-0.4, -0.2) is 37.0 Å². The van der Waals surface area contributed by atoms with Gasteiger partial charge in [0, 0.05) is 34.3 Å². The highest BCUT2D eigenvalue weighted by atomic mass is 16.3. The van der Waals surface area contributed by atoms with E-state index in [1.54, 1.807) is 18.3 Å². The Bertz CT molecular complexity index is 1290. The van der Waals surface area contributed by atoms with Gasteiger partial charge in [0.05, 0.1) is 17.7 Å². The number of rotatable bonds is 5. The van der Waals surface area contributed by atoms with Crippen molar-refractivity contribution in [3.05, 3.63) is 60.4 Å². The molecule has 0 amide bonds. The fourth-order valence-electron chi connectivity index (χ4n) is 5.35. The molecule has 0 spiro atoms. The molecule has 7 heteroatoms. The monoisotopic (exact) mass is 431 g/mol. The lowest BCUT2D eigenvalue weighted by molar-refractivity contribution is -0.0324. The van der Waals surface area contributed by atoms with Crippen LogP contribution in [0.2, 0.25) is 0 Å². The summed E-state index contributed by atoms with van der Waals surface area (Å²) in [5.41, 5.74) is 15.0. The molecule has 0 unspecified atom stereocenters. The van der Waals surface area contributed by atoms with Gasteiger partial charge in [-0.3, -0.25) is 0 Å². The average Bonchev–Trinajstić information content (AvgIpc) is 3.33. The second kappa shape index (κ2) is 7.76. The van der Waals surface area contributed by atoms with Crippen molar-refractivity contribution >= 4 is 33.4 Å². The smallest absolute Gasteiger partial charge is 0.142 e. The van der Waals surface area contributed by atoms with E-state index >= 15 is 0 Å².